The fraction of sp³-hybridized carbons (Fsp3) is 0. The lowest BCUT2D eigenvalue weighted by Crippen LogP contribution is -1.92. The molecule has 4 aromatic heterocycles. The van der Waals surface area contributed by atoms with Crippen molar-refractivity contribution in [2.45, 2.75) is 0 Å². The van der Waals surface area contributed by atoms with E-state index in [2.05, 4.69) is 510 Å². The minimum absolute atomic E-state index is 1.23. The Hall–Kier alpha value is -16.8. The van der Waals surface area contributed by atoms with Crippen molar-refractivity contribution in [1.29, 1.82) is 0 Å². The second-order valence-corrected chi connectivity index (χ2v) is 40.7. The van der Waals surface area contributed by atoms with Crippen molar-refractivity contribution in [1.82, 2.24) is 0 Å². The summed E-state index contributed by atoms with van der Waals surface area (Å²) in [6.45, 7) is 0. The van der Waals surface area contributed by atoms with Gasteiger partial charge in [0.05, 0.1) is 0 Å². The van der Waals surface area contributed by atoms with Gasteiger partial charge >= 0.3 is 0 Å². The van der Waals surface area contributed by atoms with Crippen LogP contribution in [0.5, 0.6) is 0 Å². The summed E-state index contributed by atoms with van der Waals surface area (Å²) < 4.78 is 10.6. The second-order valence-electron chi connectivity index (χ2n) is 36.4. The third kappa shape index (κ3) is 14.1. The van der Waals surface area contributed by atoms with Crippen molar-refractivity contribution in [3.8, 4) is 122 Å². The Morgan fingerprint density at radius 2 is 0.371 bits per heavy atom. The van der Waals surface area contributed by atoms with Crippen LogP contribution in [0.25, 0.3) is 278 Å². The number of hydrogen-bond donors (Lipinski definition) is 0. The van der Waals surface area contributed by atoms with Crippen LogP contribution in [0, 0.1) is 0 Å². The molecule has 0 saturated carbocycles. The van der Waals surface area contributed by atoms with E-state index in [0.717, 1.165) is 0 Å². The third-order valence-electron chi connectivity index (χ3n) is 28.6. The molecule has 0 saturated heterocycles. The van der Waals surface area contributed by atoms with Gasteiger partial charge in [0.1, 0.15) is 0 Å². The lowest BCUT2D eigenvalue weighted by molar-refractivity contribution is 1.61. The van der Waals surface area contributed by atoms with Gasteiger partial charge in [0, 0.05) is 97.4 Å². The Balaban J connectivity index is 0.000000106. The molecule has 0 N–H and O–H groups in total. The fourth-order valence-electron chi connectivity index (χ4n) is 22.4. The van der Waals surface area contributed by atoms with Gasteiger partial charge in [-0.25, -0.2) is 0 Å². The van der Waals surface area contributed by atoms with Gasteiger partial charge in [-0.3, -0.25) is 0 Å². The molecule has 29 aromatic rings. The van der Waals surface area contributed by atoms with Gasteiger partial charge in [-0.2, -0.15) is 0 Å². The van der Waals surface area contributed by atoms with Crippen LogP contribution in [0.3, 0.4) is 0 Å². The highest BCUT2D eigenvalue weighted by molar-refractivity contribution is 7.27. The minimum Gasteiger partial charge on any atom is -0.135 e. The largest absolute Gasteiger partial charge is 0.135 e. The molecular formula is C136H84S4. The first-order valence-electron chi connectivity index (χ1n) is 48.0. The molecule has 0 spiro atoms. The maximum atomic E-state index is 2.49. The summed E-state index contributed by atoms with van der Waals surface area (Å²) in [6.07, 6.45) is 0. The number of hydrogen-bond acceptors (Lipinski definition) is 4. The SMILES string of the molecule is c1ccc(-c2cc(-c3ccccc3)c3sc4ccc(-c5c6ccccc6c(-c6ccccc6)c6ccccc56)cc4c3c2)cc1.c1ccc(-c2ccc(-c3c4ccccc4c(-c4cc(-c5ccccc5)c5sc6ccccc6c5c4)c4ccccc34)cc2)cc1.c1ccc2c(-c3c4ccccc4c(-c4cc(-c5cccc6sc7ccccc7c56)c5sc6ccccc6c5c4)c4ccccc34)cccc2c1. The molecule has 140 heavy (non-hydrogen) atoms. The smallest absolute Gasteiger partial charge is 0.0434 e. The zero-order chi connectivity index (χ0) is 92.2. The lowest BCUT2D eigenvalue weighted by atomic mass is 9.84. The molecule has 0 aliphatic carbocycles. The zero-order valence-corrected chi connectivity index (χ0v) is 79.4. The topological polar surface area (TPSA) is 0 Å². The molecule has 25 aromatic carbocycles. The zero-order valence-electron chi connectivity index (χ0n) is 76.1. The van der Waals surface area contributed by atoms with Crippen molar-refractivity contribution >= 4 is 201 Å². The Labute approximate surface area is 826 Å². The van der Waals surface area contributed by atoms with Gasteiger partial charge in [-0.05, 0) is 254 Å². The van der Waals surface area contributed by atoms with Crippen molar-refractivity contribution in [2.24, 2.45) is 0 Å². The van der Waals surface area contributed by atoms with Crippen LogP contribution < -0.4 is 0 Å². The normalized spacial score (nSPS) is 11.7. The third-order valence-corrected chi connectivity index (χ3v) is 33.4. The second kappa shape index (κ2) is 34.8. The molecule has 4 heterocycles. The molecule has 0 nitrogen and oxygen atoms in total. The first-order chi connectivity index (χ1) is 69.5. The van der Waals surface area contributed by atoms with Gasteiger partial charge in [-0.1, -0.05) is 437 Å². The average Bonchev–Trinajstić information content (AvgIpc) is 1.21. The van der Waals surface area contributed by atoms with E-state index in [1.807, 2.05) is 45.3 Å². The molecule has 0 atom stereocenters. The standard InChI is InChI=1S/C48H28S2.2C44H28S/c1-2-15-31-29(13-1)14-11-22-33(31)46-36-19-5-3-17-34(36)45(35-18-4-6-20-37(35)46)30-27-40-32-16-7-9-24-42(32)50-48(40)41(28-30)38-23-12-26-44-47(38)39-21-8-10-25-43(39)49-44;1-4-14-29(15-5-1)33-27-38(30-16-6-2-7-17-30)44-40(28-33)39-26-32(24-25-41(39)45-44)43-36-22-12-10-20-34(36)42(31-18-8-3-9-19-31)35-21-11-13-23-37(35)43;1-3-13-29(14-4-1)30-23-25-32(26-24-30)42-35-18-7-9-20-37(35)43(38-21-10-8-19-36(38)42)33-27-39(31-15-5-2-6-16-31)44-40(28-33)34-17-11-12-22-41(34)45-44/h1-28H;2*1-28H. The van der Waals surface area contributed by atoms with Crippen molar-refractivity contribution < 1.29 is 0 Å². The van der Waals surface area contributed by atoms with E-state index in [-0.39, 0.29) is 0 Å². The van der Waals surface area contributed by atoms with Crippen LogP contribution in [0.4, 0.5) is 0 Å². The summed E-state index contributed by atoms with van der Waals surface area (Å²) in [5.74, 6) is 0. The predicted molar refractivity (Wildman–Crippen MR) is 613 cm³/mol. The van der Waals surface area contributed by atoms with E-state index in [1.165, 1.54) is 278 Å². The summed E-state index contributed by atoms with van der Waals surface area (Å²) >= 11 is 7.60. The van der Waals surface area contributed by atoms with E-state index in [0.29, 0.717) is 0 Å². The Morgan fingerprint density at radius 1 is 0.107 bits per heavy atom. The van der Waals surface area contributed by atoms with E-state index in [4.69, 9.17) is 0 Å². The molecule has 0 radical (unpaired) electrons. The number of rotatable bonds is 11. The summed E-state index contributed by atoms with van der Waals surface area (Å²) in [7, 11) is 0. The molecule has 4 heteroatoms. The van der Waals surface area contributed by atoms with Gasteiger partial charge < -0.3 is 0 Å². The molecule has 652 valence electrons. The van der Waals surface area contributed by atoms with Crippen LogP contribution in [0.15, 0.2) is 510 Å². The van der Waals surface area contributed by atoms with Crippen LogP contribution in [-0.2, 0) is 0 Å². The summed E-state index contributed by atoms with van der Waals surface area (Å²) in [5.41, 5.74) is 27.9. The summed E-state index contributed by atoms with van der Waals surface area (Å²) in [6, 6.07) is 187. The predicted octanol–water partition coefficient (Wildman–Crippen LogP) is 40.9. The van der Waals surface area contributed by atoms with Gasteiger partial charge in [0.25, 0.3) is 0 Å². The van der Waals surface area contributed by atoms with Crippen LogP contribution in [0.1, 0.15) is 0 Å². The average molecular weight is 1850 g/mol. The molecule has 0 aliphatic heterocycles. The molecule has 0 fully saturated rings. The fourth-order valence-corrected chi connectivity index (χ4v) is 27.1. The number of fused-ring (bicyclic) bond motifs is 19. The van der Waals surface area contributed by atoms with Crippen molar-refractivity contribution in [3.05, 3.63) is 510 Å². The van der Waals surface area contributed by atoms with Crippen LogP contribution in [-0.4, -0.2) is 0 Å². The summed E-state index contributed by atoms with van der Waals surface area (Å²) in [4.78, 5) is 0. The van der Waals surface area contributed by atoms with Crippen molar-refractivity contribution in [2.75, 3.05) is 0 Å². The van der Waals surface area contributed by atoms with Crippen molar-refractivity contribution in [3.63, 3.8) is 0 Å². The molecule has 29 rings (SSSR count). The van der Waals surface area contributed by atoms with Crippen LogP contribution >= 0.6 is 45.3 Å². The minimum atomic E-state index is 1.23. The summed E-state index contributed by atoms with van der Waals surface area (Å²) in [5, 5.41) is 28.5. The monoisotopic (exact) mass is 1840 g/mol. The maximum Gasteiger partial charge on any atom is 0.0434 e. The molecule has 0 aliphatic rings. The molecular weight excluding hydrogens is 1760 g/mol. The van der Waals surface area contributed by atoms with Crippen LogP contribution in [0.2, 0.25) is 0 Å². The van der Waals surface area contributed by atoms with Gasteiger partial charge in [0.2, 0.25) is 0 Å². The number of thiophene rings is 4. The highest BCUT2D eigenvalue weighted by Crippen LogP contribution is 2.55. The van der Waals surface area contributed by atoms with E-state index < -0.39 is 0 Å². The van der Waals surface area contributed by atoms with E-state index in [9.17, 15) is 0 Å². The first kappa shape index (κ1) is 82.6. The quantitative estimate of drug-likeness (QED) is 0.113. The molecule has 0 unspecified atom stereocenters. The maximum absolute atomic E-state index is 2.49. The molecule has 0 amide bonds. The van der Waals surface area contributed by atoms with E-state index in [1.54, 1.807) is 0 Å². The first-order valence-corrected chi connectivity index (χ1v) is 51.2. The number of benzene rings is 25. The van der Waals surface area contributed by atoms with Gasteiger partial charge in [0.15, 0.2) is 0 Å². The highest BCUT2D eigenvalue weighted by atomic mass is 32.1. The Bertz CT molecular complexity index is 9800. The molecule has 0 bridgehead atoms. The van der Waals surface area contributed by atoms with E-state index >= 15 is 0 Å². The van der Waals surface area contributed by atoms with Gasteiger partial charge in [-0.15, -0.1) is 45.3 Å². The Kier molecular flexibility index (Phi) is 20.5. The Morgan fingerprint density at radius 3 is 0.836 bits per heavy atom. The highest BCUT2D eigenvalue weighted by Gasteiger charge is 2.27. The lowest BCUT2D eigenvalue weighted by Gasteiger charge is -2.19.